The van der Waals surface area contributed by atoms with Crippen LogP contribution in [0.1, 0.15) is 76.6 Å². The molecule has 0 amide bonds. The molecule has 2 nitrogen and oxygen atoms in total. The van der Waals surface area contributed by atoms with Crippen molar-refractivity contribution in [3.8, 4) is 33.4 Å². The average Bonchev–Trinajstić information content (AvgIpc) is 3.69. The van der Waals surface area contributed by atoms with Crippen molar-refractivity contribution < 1.29 is 0 Å². The summed E-state index contributed by atoms with van der Waals surface area (Å²) in [4.78, 5) is 5.45. The molecule has 4 heteroatoms. The van der Waals surface area contributed by atoms with E-state index in [9.17, 15) is 0 Å². The summed E-state index contributed by atoms with van der Waals surface area (Å²) in [5.41, 5.74) is 22.5. The minimum Gasteiger partial charge on any atom is -0.376 e. The number of nitrogens with zero attached hydrogens (tertiary/aromatic N) is 2. The van der Waals surface area contributed by atoms with Gasteiger partial charge in [0.25, 0.3) is 0 Å². The van der Waals surface area contributed by atoms with Gasteiger partial charge in [-0.1, -0.05) is 163 Å². The predicted molar refractivity (Wildman–Crippen MR) is 271 cm³/mol. The second-order valence-electron chi connectivity index (χ2n) is 20.3. The van der Waals surface area contributed by atoms with Crippen molar-refractivity contribution in [1.29, 1.82) is 0 Å². The lowest BCUT2D eigenvalue weighted by molar-refractivity contribution is 0.331. The molecule has 8 aromatic carbocycles. The van der Waals surface area contributed by atoms with Gasteiger partial charge < -0.3 is 9.71 Å². The fourth-order valence-corrected chi connectivity index (χ4v) is 13.2. The highest BCUT2D eigenvalue weighted by Gasteiger charge is 2.51. The Balaban J connectivity index is 1.19. The number of benzene rings is 8. The van der Waals surface area contributed by atoms with Crippen LogP contribution >= 0.6 is 11.3 Å². The smallest absolute Gasteiger partial charge is 0.333 e. The largest absolute Gasteiger partial charge is 0.376 e. The number of anilines is 5. The maximum atomic E-state index is 2.76. The molecular weight excluding hydrogens is 780 g/mol. The van der Waals surface area contributed by atoms with Gasteiger partial charge in [0.05, 0.1) is 16.1 Å². The molecule has 4 heterocycles. The Labute approximate surface area is 375 Å². The van der Waals surface area contributed by atoms with Gasteiger partial charge in [-0.25, -0.2) is 0 Å². The lowest BCUT2D eigenvalue weighted by Gasteiger charge is -2.52. The first-order chi connectivity index (χ1) is 30.5. The standard InChI is InChI=1S/C59H49BN2S/c1-57(2)29-30-58(3,4)47-35-51-48(34-46(47)57)59(5,6)45-24-16-25-49-54(45)61(51)55-53-43(33-44-41-23-13-14-26-52(41)63-56(44)55)42-32-39(37-19-11-8-12-20-37)27-28-50(42)62(60(49)53)40-22-15-21-38(31-40)36-17-9-7-10-18-36/h7-28,31-35H,29-30H2,1-6H3. The van der Waals surface area contributed by atoms with Crippen LogP contribution in [0.15, 0.2) is 164 Å². The number of rotatable bonds is 3. The minimum absolute atomic E-state index is 0.0673. The molecule has 13 rings (SSSR count). The van der Waals surface area contributed by atoms with Crippen LogP contribution in [0, 0.1) is 0 Å². The normalized spacial score (nSPS) is 16.9. The second kappa shape index (κ2) is 12.9. The van der Waals surface area contributed by atoms with Crippen molar-refractivity contribution in [1.82, 2.24) is 0 Å². The van der Waals surface area contributed by atoms with Crippen molar-refractivity contribution in [2.24, 2.45) is 0 Å². The van der Waals surface area contributed by atoms with E-state index in [1.807, 2.05) is 11.3 Å². The highest BCUT2D eigenvalue weighted by atomic mass is 32.1. The molecule has 0 spiro atoms. The average molecular weight is 829 g/mol. The predicted octanol–water partition coefficient (Wildman–Crippen LogP) is 15.1. The van der Waals surface area contributed by atoms with E-state index in [1.54, 1.807) is 0 Å². The molecule has 9 aromatic rings. The number of fused-ring (bicyclic) bond motifs is 11. The Morgan fingerprint density at radius 1 is 0.476 bits per heavy atom. The van der Waals surface area contributed by atoms with Gasteiger partial charge >= 0.3 is 6.85 Å². The van der Waals surface area contributed by atoms with E-state index in [1.165, 1.54) is 128 Å². The van der Waals surface area contributed by atoms with Gasteiger partial charge in [-0.15, -0.1) is 11.3 Å². The fourth-order valence-electron chi connectivity index (χ4n) is 12.0. The van der Waals surface area contributed by atoms with Crippen LogP contribution in [0.3, 0.4) is 0 Å². The van der Waals surface area contributed by atoms with Gasteiger partial charge in [-0.2, -0.15) is 0 Å². The van der Waals surface area contributed by atoms with Crippen LogP contribution in [0.2, 0.25) is 0 Å². The highest BCUT2D eigenvalue weighted by Crippen LogP contribution is 2.60. The van der Waals surface area contributed by atoms with E-state index < -0.39 is 0 Å². The van der Waals surface area contributed by atoms with E-state index in [0.29, 0.717) is 0 Å². The third-order valence-electron chi connectivity index (χ3n) is 15.5. The summed E-state index contributed by atoms with van der Waals surface area (Å²) in [7, 11) is 0. The quantitative estimate of drug-likeness (QED) is 0.164. The van der Waals surface area contributed by atoms with E-state index in [4.69, 9.17) is 0 Å². The second-order valence-corrected chi connectivity index (χ2v) is 21.4. The van der Waals surface area contributed by atoms with E-state index in [0.717, 1.165) is 0 Å². The number of hydrogen-bond acceptors (Lipinski definition) is 3. The Bertz CT molecular complexity index is 3390. The molecule has 0 N–H and O–H groups in total. The van der Waals surface area contributed by atoms with Crippen molar-refractivity contribution in [3.63, 3.8) is 0 Å². The molecule has 1 aromatic heterocycles. The van der Waals surface area contributed by atoms with Crippen LogP contribution < -0.4 is 20.6 Å². The Kier molecular flexibility index (Phi) is 7.60. The molecule has 0 saturated carbocycles. The molecule has 4 aliphatic rings. The molecule has 1 aliphatic carbocycles. The maximum Gasteiger partial charge on any atom is 0.333 e. The first-order valence-corrected chi connectivity index (χ1v) is 23.6. The summed E-state index contributed by atoms with van der Waals surface area (Å²) in [5.74, 6) is 0. The zero-order valence-electron chi connectivity index (χ0n) is 36.9. The maximum absolute atomic E-state index is 2.76. The highest BCUT2D eigenvalue weighted by molar-refractivity contribution is 7.26. The van der Waals surface area contributed by atoms with E-state index >= 15 is 0 Å². The van der Waals surface area contributed by atoms with Crippen LogP contribution in [0.5, 0.6) is 0 Å². The summed E-state index contributed by atoms with van der Waals surface area (Å²) in [5, 5.41) is 2.67. The van der Waals surface area contributed by atoms with Gasteiger partial charge in [0.1, 0.15) is 0 Å². The monoisotopic (exact) mass is 828 g/mol. The Morgan fingerprint density at radius 2 is 1.13 bits per heavy atom. The molecule has 0 fully saturated rings. The Hall–Kier alpha value is -6.36. The van der Waals surface area contributed by atoms with Crippen LogP contribution in [0.4, 0.5) is 28.4 Å². The summed E-state index contributed by atoms with van der Waals surface area (Å²) in [6.45, 7) is 14.8. The van der Waals surface area contributed by atoms with Crippen LogP contribution in [-0.4, -0.2) is 6.85 Å². The molecule has 0 saturated heterocycles. The van der Waals surface area contributed by atoms with Crippen molar-refractivity contribution in [2.45, 2.75) is 70.6 Å². The van der Waals surface area contributed by atoms with Gasteiger partial charge in [0.15, 0.2) is 0 Å². The first-order valence-electron chi connectivity index (χ1n) is 22.8. The molecular formula is C59H49BN2S. The summed E-state index contributed by atoms with van der Waals surface area (Å²) >= 11 is 1.97. The van der Waals surface area contributed by atoms with E-state index in [2.05, 4.69) is 215 Å². The zero-order chi connectivity index (χ0) is 42.6. The molecule has 0 radical (unpaired) electrons. The molecule has 304 valence electrons. The van der Waals surface area contributed by atoms with Crippen molar-refractivity contribution in [3.05, 3.63) is 186 Å². The number of thiophene rings is 1. The first kappa shape index (κ1) is 37.2. The lowest BCUT2D eigenvalue weighted by Crippen LogP contribution is -2.62. The van der Waals surface area contributed by atoms with Gasteiger partial charge in [0, 0.05) is 43.5 Å². The van der Waals surface area contributed by atoms with Crippen molar-refractivity contribution in [2.75, 3.05) is 9.71 Å². The van der Waals surface area contributed by atoms with Gasteiger partial charge in [-0.3, -0.25) is 0 Å². The topological polar surface area (TPSA) is 6.48 Å². The number of hydrogen-bond donors (Lipinski definition) is 0. The summed E-state index contributed by atoms with van der Waals surface area (Å²) < 4.78 is 2.70. The molecule has 0 bridgehead atoms. The summed E-state index contributed by atoms with van der Waals surface area (Å²) in [6.07, 6.45) is 2.37. The fraction of sp³-hybridized carbons (Fsp3) is 0.186. The third kappa shape index (κ3) is 5.13. The minimum atomic E-state index is -0.229. The van der Waals surface area contributed by atoms with E-state index in [-0.39, 0.29) is 23.1 Å². The molecule has 0 atom stereocenters. The molecule has 63 heavy (non-hydrogen) atoms. The SMILES string of the molecule is CC1(C)CCC(C)(C)c2cc3c(cc21)N1c2c(cccc2C3(C)C)B2c3c(cc4c(sc5ccccc54)c31)-c1cc(-c3ccccc3)ccc1N2c1cccc(-c2ccccc2)c1. The van der Waals surface area contributed by atoms with Gasteiger partial charge in [-0.05, 0) is 127 Å². The number of para-hydroxylation sites is 1. The molecule has 0 unspecified atom stereocenters. The molecule has 3 aliphatic heterocycles. The third-order valence-corrected chi connectivity index (χ3v) is 16.7. The van der Waals surface area contributed by atoms with Crippen molar-refractivity contribution >= 4 is 77.7 Å². The zero-order valence-corrected chi connectivity index (χ0v) is 37.7. The lowest BCUT2D eigenvalue weighted by atomic mass is 9.42. The van der Waals surface area contributed by atoms with Crippen LogP contribution in [-0.2, 0) is 16.2 Å². The van der Waals surface area contributed by atoms with Gasteiger partial charge in [0.2, 0.25) is 0 Å². The Morgan fingerprint density at radius 3 is 1.87 bits per heavy atom. The summed E-state index contributed by atoms with van der Waals surface area (Å²) in [6, 6.07) is 62.4. The van der Waals surface area contributed by atoms with Crippen LogP contribution in [0.25, 0.3) is 53.6 Å².